The molecule has 1 aromatic heterocycles. The number of allylic oxidation sites excluding steroid dienone is 2. The third-order valence-corrected chi connectivity index (χ3v) is 4.59. The summed E-state index contributed by atoms with van der Waals surface area (Å²) in [5.74, 6) is 0.727. The van der Waals surface area contributed by atoms with Crippen LogP contribution in [0.4, 0.5) is 0 Å². The molecular formula is C13H12ClN3O3S. The lowest BCUT2D eigenvalue weighted by Crippen LogP contribution is -2.37. The highest BCUT2D eigenvalue weighted by atomic mass is 35.5. The van der Waals surface area contributed by atoms with Gasteiger partial charge >= 0.3 is 0 Å². The van der Waals surface area contributed by atoms with Crippen molar-refractivity contribution >= 4 is 33.0 Å². The van der Waals surface area contributed by atoms with Gasteiger partial charge in [-0.05, 0) is 18.2 Å². The summed E-state index contributed by atoms with van der Waals surface area (Å²) in [6, 6.07) is 1.68. The zero-order valence-corrected chi connectivity index (χ0v) is 12.7. The molecule has 8 heteroatoms. The molecule has 0 radical (unpaired) electrons. The summed E-state index contributed by atoms with van der Waals surface area (Å²) in [6.45, 7) is 0.381. The van der Waals surface area contributed by atoms with Crippen LogP contribution in [0, 0.1) is 0 Å². The Morgan fingerprint density at radius 1 is 1.43 bits per heavy atom. The van der Waals surface area contributed by atoms with Crippen LogP contribution in [-0.2, 0) is 10.0 Å². The molecule has 0 atom stereocenters. The third-order valence-electron chi connectivity index (χ3n) is 3.17. The van der Waals surface area contributed by atoms with Crippen LogP contribution in [0.3, 0.4) is 0 Å². The Morgan fingerprint density at radius 3 is 2.95 bits per heavy atom. The first kappa shape index (κ1) is 14.1. The van der Waals surface area contributed by atoms with Crippen molar-refractivity contribution in [2.24, 2.45) is 4.40 Å². The number of halogens is 1. The largest absolute Gasteiger partial charge is 0.480 e. The second kappa shape index (κ2) is 5.16. The number of nitrogens with zero attached hydrogens (tertiary/aromatic N) is 3. The van der Waals surface area contributed by atoms with Crippen molar-refractivity contribution in [1.82, 2.24) is 9.88 Å². The van der Waals surface area contributed by atoms with Gasteiger partial charge in [-0.15, -0.1) is 4.40 Å². The Balaban J connectivity index is 2.09. The van der Waals surface area contributed by atoms with Crippen molar-refractivity contribution < 1.29 is 13.2 Å². The zero-order chi connectivity index (χ0) is 15.0. The predicted molar refractivity (Wildman–Crippen MR) is 80.8 cm³/mol. The van der Waals surface area contributed by atoms with Crippen molar-refractivity contribution in [2.45, 2.75) is 0 Å². The highest BCUT2D eigenvalue weighted by molar-refractivity contribution is 7.90. The van der Waals surface area contributed by atoms with Crippen LogP contribution in [0.5, 0.6) is 5.88 Å². The number of hydrogen-bond donors (Lipinski definition) is 0. The van der Waals surface area contributed by atoms with E-state index in [1.165, 1.54) is 7.11 Å². The average Bonchev–Trinajstić information content (AvgIpc) is 2.45. The highest BCUT2D eigenvalue weighted by Crippen LogP contribution is 2.29. The minimum atomic E-state index is -3.42. The third kappa shape index (κ3) is 2.66. The zero-order valence-electron chi connectivity index (χ0n) is 11.2. The van der Waals surface area contributed by atoms with Gasteiger partial charge in [0.05, 0.1) is 12.9 Å². The summed E-state index contributed by atoms with van der Waals surface area (Å²) in [6.07, 6.45) is 7.01. The second-order valence-electron chi connectivity index (χ2n) is 4.53. The molecule has 2 aliphatic heterocycles. The Kier molecular flexibility index (Phi) is 3.46. The van der Waals surface area contributed by atoms with E-state index in [2.05, 4.69) is 9.38 Å². The Hall–Kier alpha value is -1.86. The Labute approximate surface area is 127 Å². The molecule has 0 spiro atoms. The minimum Gasteiger partial charge on any atom is -0.480 e. The fraction of sp³-hybridized carbons (Fsp3) is 0.231. The lowest BCUT2D eigenvalue weighted by atomic mass is 10.0. The fourth-order valence-electron chi connectivity index (χ4n) is 2.16. The molecule has 3 rings (SSSR count). The molecular weight excluding hydrogens is 314 g/mol. The van der Waals surface area contributed by atoms with E-state index in [0.717, 1.165) is 0 Å². The number of aromatic nitrogens is 1. The Bertz CT molecular complexity index is 784. The number of pyridine rings is 1. The predicted octanol–water partition coefficient (Wildman–Crippen LogP) is 1.70. The lowest BCUT2D eigenvalue weighted by Gasteiger charge is -2.29. The highest BCUT2D eigenvalue weighted by Gasteiger charge is 2.27. The number of methoxy groups -OCH3 is 1. The summed E-state index contributed by atoms with van der Waals surface area (Å²) in [5.41, 5.74) is 1.35. The first-order chi connectivity index (χ1) is 10.00. The van der Waals surface area contributed by atoms with Crippen molar-refractivity contribution in [1.29, 1.82) is 0 Å². The van der Waals surface area contributed by atoms with Crippen molar-refractivity contribution in [2.75, 3.05) is 19.4 Å². The van der Waals surface area contributed by atoms with Crippen molar-refractivity contribution in [3.8, 4) is 5.88 Å². The number of hydrogen-bond acceptors (Lipinski definition) is 5. The average molecular weight is 326 g/mol. The number of ether oxygens (including phenoxy) is 1. The van der Waals surface area contributed by atoms with Gasteiger partial charge in [0.2, 0.25) is 5.88 Å². The standard InChI is InChI=1S/C13H12ClN3O3S/c1-20-13-11(14)7-9(8-15-13)10-3-2-4-17-5-6-21(18,19)16-12(10)17/h2-4,7-8H,5-6H2,1H3. The molecule has 0 aromatic carbocycles. The minimum absolute atomic E-state index is 0.00966. The molecule has 0 N–H and O–H groups in total. The van der Waals surface area contributed by atoms with Crippen LogP contribution in [-0.4, -0.2) is 43.5 Å². The Morgan fingerprint density at radius 2 is 2.24 bits per heavy atom. The van der Waals surface area contributed by atoms with Gasteiger partial charge in [0.1, 0.15) is 5.02 Å². The summed E-state index contributed by atoms with van der Waals surface area (Å²) < 4.78 is 32.3. The SMILES string of the molecule is COc1ncc(C2=CC=CN3CCS(=O)(=O)N=C23)cc1Cl. The molecule has 0 saturated carbocycles. The number of sulfonamides is 1. The molecule has 0 unspecified atom stereocenters. The number of fused-ring (bicyclic) bond motifs is 1. The molecule has 1 aromatic rings. The van der Waals surface area contributed by atoms with Crippen LogP contribution in [0.1, 0.15) is 5.56 Å². The van der Waals surface area contributed by atoms with Gasteiger partial charge in [0.25, 0.3) is 10.0 Å². The molecule has 0 fully saturated rings. The maximum absolute atomic E-state index is 11.7. The van der Waals surface area contributed by atoms with E-state index in [4.69, 9.17) is 16.3 Å². The fourth-order valence-corrected chi connectivity index (χ4v) is 3.39. The summed E-state index contributed by atoms with van der Waals surface area (Å²) in [4.78, 5) is 5.90. The van der Waals surface area contributed by atoms with Gasteiger partial charge in [0.15, 0.2) is 5.84 Å². The van der Waals surface area contributed by atoms with E-state index < -0.39 is 10.0 Å². The van der Waals surface area contributed by atoms with E-state index >= 15 is 0 Å². The van der Waals surface area contributed by atoms with Gasteiger partial charge in [-0.3, -0.25) is 0 Å². The molecule has 21 heavy (non-hydrogen) atoms. The topological polar surface area (TPSA) is 71.9 Å². The van der Waals surface area contributed by atoms with E-state index in [1.54, 1.807) is 29.4 Å². The summed E-state index contributed by atoms with van der Waals surface area (Å²) in [5, 5.41) is 0.358. The molecule has 110 valence electrons. The van der Waals surface area contributed by atoms with Gasteiger partial charge in [0, 0.05) is 30.1 Å². The van der Waals surface area contributed by atoms with Crippen LogP contribution in [0.15, 0.2) is 35.0 Å². The smallest absolute Gasteiger partial charge is 0.256 e. The van der Waals surface area contributed by atoms with Gasteiger partial charge in [-0.2, -0.15) is 0 Å². The van der Waals surface area contributed by atoms with Crippen LogP contribution < -0.4 is 4.74 Å². The molecule has 2 aliphatic rings. The second-order valence-corrected chi connectivity index (χ2v) is 6.69. The monoisotopic (exact) mass is 325 g/mol. The molecule has 0 saturated heterocycles. The van der Waals surface area contributed by atoms with E-state index in [1.807, 2.05) is 6.08 Å². The maximum atomic E-state index is 11.7. The van der Waals surface area contributed by atoms with E-state index in [-0.39, 0.29) is 5.75 Å². The van der Waals surface area contributed by atoms with Gasteiger partial charge in [-0.25, -0.2) is 13.4 Å². The van der Waals surface area contributed by atoms with E-state index in [9.17, 15) is 8.42 Å². The molecule has 0 bridgehead atoms. The molecule has 0 amide bonds. The normalized spacial score (nSPS) is 19.6. The first-order valence-corrected chi connectivity index (χ1v) is 8.17. The summed E-state index contributed by atoms with van der Waals surface area (Å²) >= 11 is 6.08. The number of rotatable bonds is 2. The van der Waals surface area contributed by atoms with Crippen molar-refractivity contribution in [3.05, 3.63) is 41.2 Å². The first-order valence-electron chi connectivity index (χ1n) is 6.18. The maximum Gasteiger partial charge on any atom is 0.256 e. The molecule has 3 heterocycles. The van der Waals surface area contributed by atoms with Gasteiger partial charge < -0.3 is 9.64 Å². The summed E-state index contributed by atoms with van der Waals surface area (Å²) in [7, 11) is -1.94. The van der Waals surface area contributed by atoms with E-state index in [0.29, 0.717) is 34.4 Å². The van der Waals surface area contributed by atoms with Crippen LogP contribution in [0.2, 0.25) is 5.02 Å². The number of amidine groups is 1. The molecule has 0 aliphatic carbocycles. The van der Waals surface area contributed by atoms with Gasteiger partial charge in [-0.1, -0.05) is 11.6 Å². The van der Waals surface area contributed by atoms with Crippen LogP contribution >= 0.6 is 11.6 Å². The van der Waals surface area contributed by atoms with Crippen LogP contribution in [0.25, 0.3) is 5.57 Å². The van der Waals surface area contributed by atoms with Crippen molar-refractivity contribution in [3.63, 3.8) is 0 Å². The quantitative estimate of drug-likeness (QED) is 0.827. The lowest BCUT2D eigenvalue weighted by molar-refractivity contribution is 0.398. The molecule has 6 nitrogen and oxygen atoms in total.